The first-order valence-electron chi connectivity index (χ1n) is 3.20. The van der Waals surface area contributed by atoms with E-state index in [1.807, 2.05) is 6.92 Å². The Morgan fingerprint density at radius 3 is 2.30 bits per heavy atom. The summed E-state index contributed by atoms with van der Waals surface area (Å²) >= 11 is 0. The lowest BCUT2D eigenvalue weighted by molar-refractivity contribution is 0.362. The lowest BCUT2D eigenvalue weighted by Gasteiger charge is -2.11. The fourth-order valence-corrected chi connectivity index (χ4v) is 1.59. The van der Waals surface area contributed by atoms with Crippen molar-refractivity contribution >= 4 is 7.60 Å². The van der Waals surface area contributed by atoms with Crippen LogP contribution in [0.4, 0.5) is 0 Å². The summed E-state index contributed by atoms with van der Waals surface area (Å²) < 4.78 is 10.6. The van der Waals surface area contributed by atoms with Crippen LogP contribution in [-0.4, -0.2) is 15.4 Å². The van der Waals surface area contributed by atoms with E-state index in [9.17, 15) is 4.57 Å². The van der Waals surface area contributed by atoms with Gasteiger partial charge in [0.1, 0.15) is 0 Å². The first-order valence-corrected chi connectivity index (χ1v) is 4.88. The molecule has 60 valence electrons. The molecule has 0 saturated carbocycles. The second-order valence-corrected chi connectivity index (χ2v) is 4.02. The van der Waals surface area contributed by atoms with Crippen LogP contribution < -0.4 is 0 Å². The Hall–Kier alpha value is -0.110. The molecular weight excluding hydrogens is 151 g/mol. The third kappa shape index (κ3) is 3.16. The first kappa shape index (κ1) is 9.89. The molecule has 0 spiro atoms. The average Bonchev–Trinajstić information content (AvgIpc) is 1.80. The molecule has 10 heavy (non-hydrogen) atoms. The van der Waals surface area contributed by atoms with Gasteiger partial charge in [0.15, 0.2) is 0 Å². The maximum Gasteiger partial charge on any atom is 0.332 e. The van der Waals surface area contributed by atoms with Gasteiger partial charge in [-0.3, -0.25) is 4.57 Å². The Morgan fingerprint density at radius 2 is 2.20 bits per heavy atom. The average molecular weight is 164 g/mol. The lowest BCUT2D eigenvalue weighted by atomic mass is 10.2. The third-order valence-electron chi connectivity index (χ3n) is 1.29. The molecule has 1 atom stereocenters. The van der Waals surface area contributed by atoms with Crippen LogP contribution in [0.3, 0.4) is 0 Å². The maximum absolute atomic E-state index is 10.6. The van der Waals surface area contributed by atoms with E-state index in [4.69, 9.17) is 9.79 Å². The molecule has 0 radical (unpaired) electrons. The van der Waals surface area contributed by atoms with Crippen LogP contribution in [0.15, 0.2) is 12.7 Å². The minimum atomic E-state index is -3.91. The highest BCUT2D eigenvalue weighted by atomic mass is 31.2. The zero-order valence-electron chi connectivity index (χ0n) is 6.03. The van der Waals surface area contributed by atoms with Gasteiger partial charge in [-0.1, -0.05) is 19.4 Å². The molecule has 0 rings (SSSR count). The zero-order chi connectivity index (χ0) is 8.20. The summed E-state index contributed by atoms with van der Waals surface area (Å²) in [6.07, 6.45) is 2.60. The van der Waals surface area contributed by atoms with E-state index in [0.29, 0.717) is 6.42 Å². The monoisotopic (exact) mass is 164 g/mol. The predicted molar refractivity (Wildman–Crippen MR) is 40.9 cm³/mol. The van der Waals surface area contributed by atoms with Crippen molar-refractivity contribution in [3.05, 3.63) is 12.7 Å². The van der Waals surface area contributed by atoms with Crippen molar-refractivity contribution in [2.45, 2.75) is 25.4 Å². The summed E-state index contributed by atoms with van der Waals surface area (Å²) in [4.78, 5) is 17.3. The van der Waals surface area contributed by atoms with Crippen LogP contribution in [-0.2, 0) is 4.57 Å². The molecule has 0 aromatic heterocycles. The lowest BCUT2D eigenvalue weighted by Crippen LogP contribution is -2.03. The van der Waals surface area contributed by atoms with Crippen LogP contribution in [0.1, 0.15) is 19.8 Å². The molecule has 0 aliphatic carbocycles. The highest BCUT2D eigenvalue weighted by molar-refractivity contribution is 7.52. The molecule has 0 aromatic rings. The van der Waals surface area contributed by atoms with Gasteiger partial charge in [0.2, 0.25) is 0 Å². The normalized spacial score (nSPS) is 14.7. The van der Waals surface area contributed by atoms with Crippen molar-refractivity contribution in [1.82, 2.24) is 0 Å². The van der Waals surface area contributed by atoms with E-state index < -0.39 is 13.3 Å². The Balaban J connectivity index is 4.07. The molecular formula is C6H13O3P. The third-order valence-corrected chi connectivity index (χ3v) is 2.62. The Morgan fingerprint density at radius 1 is 1.70 bits per heavy atom. The summed E-state index contributed by atoms with van der Waals surface area (Å²) in [5.41, 5.74) is -0.655. The van der Waals surface area contributed by atoms with E-state index in [1.54, 1.807) is 0 Å². The van der Waals surface area contributed by atoms with Crippen molar-refractivity contribution in [1.29, 1.82) is 0 Å². The van der Waals surface area contributed by atoms with E-state index in [1.165, 1.54) is 6.08 Å². The SMILES string of the molecule is C=CC(CCC)P(=O)(O)O. The maximum atomic E-state index is 10.6. The number of hydrogen-bond donors (Lipinski definition) is 2. The van der Waals surface area contributed by atoms with Crippen LogP contribution in [0.2, 0.25) is 0 Å². The Kier molecular flexibility index (Phi) is 3.87. The van der Waals surface area contributed by atoms with Crippen LogP contribution >= 0.6 is 7.60 Å². The van der Waals surface area contributed by atoms with E-state index in [-0.39, 0.29) is 0 Å². The second kappa shape index (κ2) is 3.91. The fraction of sp³-hybridized carbons (Fsp3) is 0.667. The number of hydrogen-bond acceptors (Lipinski definition) is 1. The first-order chi connectivity index (χ1) is 4.52. The molecule has 1 unspecified atom stereocenters. The van der Waals surface area contributed by atoms with E-state index in [0.717, 1.165) is 6.42 Å². The minimum Gasteiger partial charge on any atom is -0.324 e. The molecule has 0 amide bonds. The topological polar surface area (TPSA) is 57.5 Å². The molecule has 0 aliphatic heterocycles. The van der Waals surface area contributed by atoms with Gasteiger partial charge >= 0.3 is 7.60 Å². The van der Waals surface area contributed by atoms with Gasteiger partial charge in [-0.2, -0.15) is 0 Å². The van der Waals surface area contributed by atoms with Gasteiger partial charge in [-0.15, -0.1) is 6.58 Å². The number of rotatable bonds is 4. The highest BCUT2D eigenvalue weighted by Crippen LogP contribution is 2.43. The molecule has 4 heteroatoms. The van der Waals surface area contributed by atoms with Crippen molar-refractivity contribution in [2.24, 2.45) is 0 Å². The molecule has 0 saturated heterocycles. The fourth-order valence-electron chi connectivity index (χ4n) is 0.719. The number of allylic oxidation sites excluding steroid dienone is 1. The summed E-state index contributed by atoms with van der Waals surface area (Å²) in [6.45, 7) is 5.23. The molecule has 0 aromatic carbocycles. The van der Waals surface area contributed by atoms with Crippen LogP contribution in [0.25, 0.3) is 0 Å². The minimum absolute atomic E-state index is 0.508. The molecule has 0 heterocycles. The summed E-state index contributed by atoms with van der Waals surface area (Å²) in [6, 6.07) is 0. The van der Waals surface area contributed by atoms with Crippen LogP contribution in [0.5, 0.6) is 0 Å². The van der Waals surface area contributed by atoms with Gasteiger partial charge in [-0.05, 0) is 6.42 Å². The van der Waals surface area contributed by atoms with Crippen LogP contribution in [0, 0.1) is 0 Å². The largest absolute Gasteiger partial charge is 0.332 e. The smallest absolute Gasteiger partial charge is 0.324 e. The molecule has 0 aliphatic rings. The quantitative estimate of drug-likeness (QED) is 0.489. The van der Waals surface area contributed by atoms with E-state index >= 15 is 0 Å². The summed E-state index contributed by atoms with van der Waals surface area (Å²) in [5, 5.41) is 0. The van der Waals surface area contributed by atoms with Gasteiger partial charge in [0.05, 0.1) is 5.66 Å². The Bertz CT molecular complexity index is 149. The Labute approximate surface area is 60.9 Å². The highest BCUT2D eigenvalue weighted by Gasteiger charge is 2.23. The van der Waals surface area contributed by atoms with Gasteiger partial charge < -0.3 is 9.79 Å². The molecule has 2 N–H and O–H groups in total. The molecule has 0 fully saturated rings. The van der Waals surface area contributed by atoms with Gasteiger partial charge in [0, 0.05) is 0 Å². The van der Waals surface area contributed by atoms with Gasteiger partial charge in [0.25, 0.3) is 0 Å². The van der Waals surface area contributed by atoms with E-state index in [2.05, 4.69) is 6.58 Å². The van der Waals surface area contributed by atoms with Crippen molar-refractivity contribution in [2.75, 3.05) is 0 Å². The predicted octanol–water partition coefficient (Wildman–Crippen LogP) is 1.52. The zero-order valence-corrected chi connectivity index (χ0v) is 6.92. The standard InChI is InChI=1S/C6H13O3P/c1-3-5-6(4-2)10(7,8)9/h4,6H,2-3,5H2,1H3,(H2,7,8,9). The summed E-state index contributed by atoms with van der Waals surface area (Å²) in [5.74, 6) is 0. The van der Waals surface area contributed by atoms with Gasteiger partial charge in [-0.25, -0.2) is 0 Å². The second-order valence-electron chi connectivity index (χ2n) is 2.18. The molecule has 3 nitrogen and oxygen atoms in total. The van der Waals surface area contributed by atoms with Crippen molar-refractivity contribution in [3.8, 4) is 0 Å². The molecule has 0 bridgehead atoms. The summed E-state index contributed by atoms with van der Waals surface area (Å²) in [7, 11) is -3.91. The van der Waals surface area contributed by atoms with Crippen molar-refractivity contribution < 1.29 is 14.4 Å². The van der Waals surface area contributed by atoms with Crippen molar-refractivity contribution in [3.63, 3.8) is 0 Å².